The van der Waals surface area contributed by atoms with E-state index in [1.165, 1.54) is 0 Å². The van der Waals surface area contributed by atoms with Crippen LogP contribution in [0, 0.1) is 17.3 Å². The van der Waals surface area contributed by atoms with Crippen molar-refractivity contribution in [1.82, 2.24) is 0 Å². The van der Waals surface area contributed by atoms with Gasteiger partial charge in [-0.25, -0.2) is 9.18 Å². The van der Waals surface area contributed by atoms with Crippen molar-refractivity contribution >= 4 is 11.8 Å². The molecule has 2 fully saturated rings. The molecular weight excluding hydrogens is 347 g/mol. The van der Waals surface area contributed by atoms with Crippen molar-refractivity contribution in [2.75, 3.05) is 0 Å². The lowest BCUT2D eigenvalue weighted by Crippen LogP contribution is -2.42. The van der Waals surface area contributed by atoms with Crippen molar-refractivity contribution in [2.24, 2.45) is 17.3 Å². The number of alkyl halides is 1. The zero-order valence-corrected chi connectivity index (χ0v) is 16.6. The second-order valence-corrected chi connectivity index (χ2v) is 9.20. The lowest BCUT2D eigenvalue weighted by molar-refractivity contribution is -0.135. The standard InChI is InChI=1S/C22H29FO4/c1-21(2,3)27-19(25)15-7-5-6-8-18(15)26-20(23)22(4)12-11-17(24)16(13-22)14-9-10-14/h5-8,14,16,20H,9-13H2,1-4H3. The number of hydrogen-bond donors (Lipinski definition) is 0. The van der Waals surface area contributed by atoms with E-state index in [-0.39, 0.29) is 23.0 Å². The summed E-state index contributed by atoms with van der Waals surface area (Å²) in [5.74, 6) is 0.270. The molecule has 0 saturated heterocycles. The van der Waals surface area contributed by atoms with E-state index in [1.54, 1.807) is 45.0 Å². The third-order valence-electron chi connectivity index (χ3n) is 5.52. The van der Waals surface area contributed by atoms with E-state index >= 15 is 4.39 Å². The Bertz CT molecular complexity index is 719. The van der Waals surface area contributed by atoms with Crippen molar-refractivity contribution in [3.8, 4) is 5.75 Å². The van der Waals surface area contributed by atoms with E-state index in [4.69, 9.17) is 9.47 Å². The van der Waals surface area contributed by atoms with Crippen molar-refractivity contribution in [3.63, 3.8) is 0 Å². The summed E-state index contributed by atoms with van der Waals surface area (Å²) >= 11 is 0. The van der Waals surface area contributed by atoms with Crippen LogP contribution in [0.15, 0.2) is 24.3 Å². The van der Waals surface area contributed by atoms with Crippen LogP contribution in [0.3, 0.4) is 0 Å². The van der Waals surface area contributed by atoms with Gasteiger partial charge in [0.25, 0.3) is 0 Å². The molecule has 27 heavy (non-hydrogen) atoms. The molecule has 1 aromatic rings. The fourth-order valence-electron chi connectivity index (χ4n) is 3.77. The average molecular weight is 376 g/mol. The Labute approximate surface area is 160 Å². The first kappa shape index (κ1) is 19.8. The fraction of sp³-hybridized carbons (Fsp3) is 0.636. The van der Waals surface area contributed by atoms with Crippen LogP contribution in [0.5, 0.6) is 5.75 Å². The molecule has 5 heteroatoms. The number of benzene rings is 1. The highest BCUT2D eigenvalue weighted by Gasteiger charge is 2.48. The Hall–Kier alpha value is -1.91. The molecule has 0 N–H and O–H groups in total. The Kier molecular flexibility index (Phi) is 5.33. The third kappa shape index (κ3) is 4.69. The van der Waals surface area contributed by atoms with Gasteiger partial charge < -0.3 is 9.47 Å². The van der Waals surface area contributed by atoms with Crippen molar-refractivity contribution in [3.05, 3.63) is 29.8 Å². The zero-order chi connectivity index (χ0) is 19.8. The number of halogens is 1. The number of esters is 1. The third-order valence-corrected chi connectivity index (χ3v) is 5.52. The second-order valence-electron chi connectivity index (χ2n) is 9.20. The van der Waals surface area contributed by atoms with Gasteiger partial charge in [-0.15, -0.1) is 0 Å². The largest absolute Gasteiger partial charge is 0.459 e. The van der Waals surface area contributed by atoms with Crippen LogP contribution in [0.25, 0.3) is 0 Å². The molecule has 0 amide bonds. The van der Waals surface area contributed by atoms with Gasteiger partial charge in [-0.1, -0.05) is 19.1 Å². The Morgan fingerprint density at radius 1 is 1.26 bits per heavy atom. The monoisotopic (exact) mass is 376 g/mol. The summed E-state index contributed by atoms with van der Waals surface area (Å²) in [6.07, 6.45) is 1.90. The molecule has 0 spiro atoms. The molecular formula is C22H29FO4. The van der Waals surface area contributed by atoms with Gasteiger partial charge in [0, 0.05) is 17.8 Å². The number of carbonyl (C=O) groups excluding carboxylic acids is 2. The number of para-hydroxylation sites is 1. The molecule has 0 heterocycles. The molecule has 0 radical (unpaired) electrons. The van der Waals surface area contributed by atoms with Gasteiger partial charge in [0.1, 0.15) is 22.7 Å². The average Bonchev–Trinajstić information content (AvgIpc) is 3.41. The van der Waals surface area contributed by atoms with Crippen LogP contribution >= 0.6 is 0 Å². The van der Waals surface area contributed by atoms with Gasteiger partial charge >= 0.3 is 5.97 Å². The van der Waals surface area contributed by atoms with Crippen LogP contribution in [0.4, 0.5) is 4.39 Å². The van der Waals surface area contributed by atoms with Gasteiger partial charge in [0.05, 0.1) is 0 Å². The maximum atomic E-state index is 15.2. The molecule has 0 bridgehead atoms. The lowest BCUT2D eigenvalue weighted by Gasteiger charge is -2.39. The molecule has 4 nitrogen and oxygen atoms in total. The molecule has 2 aliphatic rings. The molecule has 3 unspecified atom stereocenters. The molecule has 2 aliphatic carbocycles. The summed E-state index contributed by atoms with van der Waals surface area (Å²) < 4.78 is 26.3. The van der Waals surface area contributed by atoms with E-state index in [1.807, 2.05) is 6.92 Å². The van der Waals surface area contributed by atoms with Crippen molar-refractivity contribution in [2.45, 2.75) is 71.8 Å². The number of ether oxygens (including phenoxy) is 2. The van der Waals surface area contributed by atoms with Crippen LogP contribution < -0.4 is 4.74 Å². The van der Waals surface area contributed by atoms with E-state index in [9.17, 15) is 9.59 Å². The normalized spacial score (nSPS) is 27.1. The summed E-state index contributed by atoms with van der Waals surface area (Å²) in [4.78, 5) is 24.6. The highest BCUT2D eigenvalue weighted by atomic mass is 19.1. The molecule has 3 rings (SSSR count). The van der Waals surface area contributed by atoms with Crippen LogP contribution in [0.1, 0.15) is 70.2 Å². The first-order chi connectivity index (χ1) is 12.6. The van der Waals surface area contributed by atoms with Gasteiger partial charge in [-0.05, 0) is 64.5 Å². The molecule has 0 aromatic heterocycles. The number of carbonyl (C=O) groups is 2. The fourth-order valence-corrected chi connectivity index (χ4v) is 3.77. The van der Waals surface area contributed by atoms with Crippen molar-refractivity contribution < 1.29 is 23.5 Å². The van der Waals surface area contributed by atoms with Gasteiger partial charge in [-0.2, -0.15) is 0 Å². The van der Waals surface area contributed by atoms with Gasteiger partial charge in [0.15, 0.2) is 0 Å². The topological polar surface area (TPSA) is 52.6 Å². The summed E-state index contributed by atoms with van der Waals surface area (Å²) in [7, 11) is 0. The Balaban J connectivity index is 1.75. The van der Waals surface area contributed by atoms with E-state index in [2.05, 4.69) is 0 Å². The predicted molar refractivity (Wildman–Crippen MR) is 100 cm³/mol. The molecule has 1 aromatic carbocycles. The zero-order valence-electron chi connectivity index (χ0n) is 16.6. The minimum atomic E-state index is -1.59. The quantitative estimate of drug-likeness (QED) is 0.671. The Morgan fingerprint density at radius 3 is 2.56 bits per heavy atom. The number of hydrogen-bond acceptors (Lipinski definition) is 4. The van der Waals surface area contributed by atoms with Gasteiger partial charge in [-0.3, -0.25) is 4.79 Å². The first-order valence-electron chi connectivity index (χ1n) is 9.75. The second kappa shape index (κ2) is 7.25. The smallest absolute Gasteiger partial charge is 0.342 e. The van der Waals surface area contributed by atoms with E-state index in [0.29, 0.717) is 25.2 Å². The predicted octanol–water partition coefficient (Wildman–Crippen LogP) is 5.10. The lowest BCUT2D eigenvalue weighted by atomic mass is 9.68. The summed E-state index contributed by atoms with van der Waals surface area (Å²) in [5.41, 5.74) is -1.17. The summed E-state index contributed by atoms with van der Waals surface area (Å²) in [6, 6.07) is 6.57. The van der Waals surface area contributed by atoms with Crippen molar-refractivity contribution in [1.29, 1.82) is 0 Å². The SMILES string of the molecule is CC(C)(C)OC(=O)c1ccccc1OC(F)C1(C)CCC(=O)C(C2CC2)C1. The maximum Gasteiger partial charge on any atom is 0.342 e. The van der Waals surface area contributed by atoms with E-state index < -0.39 is 23.3 Å². The first-order valence-corrected chi connectivity index (χ1v) is 9.75. The highest BCUT2D eigenvalue weighted by Crippen LogP contribution is 2.50. The number of rotatable bonds is 5. The summed E-state index contributed by atoms with van der Waals surface area (Å²) in [5, 5.41) is 0. The van der Waals surface area contributed by atoms with E-state index in [0.717, 1.165) is 12.8 Å². The minimum Gasteiger partial charge on any atom is -0.459 e. The molecule has 2 saturated carbocycles. The molecule has 148 valence electrons. The van der Waals surface area contributed by atoms with Crippen LogP contribution in [-0.4, -0.2) is 23.7 Å². The maximum absolute atomic E-state index is 15.2. The van der Waals surface area contributed by atoms with Crippen LogP contribution in [-0.2, 0) is 9.53 Å². The number of Topliss-reactive ketones (excluding diaryl/α,β-unsaturated/α-hetero) is 1. The minimum absolute atomic E-state index is 0.0494. The number of ketones is 1. The summed E-state index contributed by atoms with van der Waals surface area (Å²) in [6.45, 7) is 7.19. The van der Waals surface area contributed by atoms with Crippen LogP contribution in [0.2, 0.25) is 0 Å². The highest BCUT2D eigenvalue weighted by molar-refractivity contribution is 5.92. The van der Waals surface area contributed by atoms with Gasteiger partial charge in [0.2, 0.25) is 6.36 Å². The molecule has 3 atom stereocenters. The Morgan fingerprint density at radius 2 is 1.93 bits per heavy atom. The molecule has 0 aliphatic heterocycles.